The van der Waals surface area contributed by atoms with E-state index >= 15 is 0 Å². The highest BCUT2D eigenvalue weighted by atomic mass is 32.2. The van der Waals surface area contributed by atoms with Gasteiger partial charge in [0.2, 0.25) is 10.0 Å². The molecule has 1 amide bonds. The van der Waals surface area contributed by atoms with Crippen molar-refractivity contribution < 1.29 is 13.2 Å². The van der Waals surface area contributed by atoms with Crippen molar-refractivity contribution in [2.45, 2.75) is 25.8 Å². The van der Waals surface area contributed by atoms with E-state index in [1.807, 2.05) is 4.90 Å². The number of likely N-dealkylation sites (N-methyl/N-ethyl adjacent to an activating group) is 1. The number of likely N-dealkylation sites (tertiary alicyclic amines) is 1. The molecule has 3 rings (SSSR count). The predicted octanol–water partition coefficient (Wildman–Crippen LogP) is 1.39. The van der Waals surface area contributed by atoms with Gasteiger partial charge in [0, 0.05) is 31.2 Å². The molecule has 132 valence electrons. The Bertz CT molecular complexity index is 720. The second-order valence-corrected chi connectivity index (χ2v) is 8.57. The van der Waals surface area contributed by atoms with Gasteiger partial charge in [-0.3, -0.25) is 9.10 Å². The lowest BCUT2D eigenvalue weighted by molar-refractivity contribution is 0.0781. The summed E-state index contributed by atoms with van der Waals surface area (Å²) in [6, 6.07) is 7.41. The molecule has 1 aromatic carbocycles. The third-order valence-corrected chi connectivity index (χ3v) is 6.92. The van der Waals surface area contributed by atoms with Crippen molar-refractivity contribution in [2.75, 3.05) is 43.3 Å². The fraction of sp³-hybridized carbons (Fsp3) is 0.588. The van der Waals surface area contributed by atoms with Crippen LogP contribution in [0.1, 0.15) is 30.1 Å². The molecule has 2 aliphatic heterocycles. The topological polar surface area (TPSA) is 60.9 Å². The molecule has 2 heterocycles. The number of carbonyl (C=O) groups excluding carboxylic acids is 1. The molecule has 0 aromatic heterocycles. The summed E-state index contributed by atoms with van der Waals surface area (Å²) in [6.07, 6.45) is 1.62. The molecule has 1 atom stereocenters. The number of hydrogen-bond donors (Lipinski definition) is 0. The Morgan fingerprint density at radius 2 is 2.12 bits per heavy atom. The van der Waals surface area contributed by atoms with Crippen molar-refractivity contribution >= 4 is 21.6 Å². The van der Waals surface area contributed by atoms with Gasteiger partial charge < -0.3 is 9.80 Å². The van der Waals surface area contributed by atoms with Gasteiger partial charge in [-0.1, -0.05) is 13.0 Å². The maximum Gasteiger partial charge on any atom is 0.253 e. The van der Waals surface area contributed by atoms with E-state index in [1.165, 1.54) is 4.31 Å². The SMILES string of the molecule is CCN(C)[C@@H]1CCN(C(=O)c2cccc(N3CCCS3(=O)=O)c2)C1. The zero-order chi connectivity index (χ0) is 17.3. The number of anilines is 1. The summed E-state index contributed by atoms with van der Waals surface area (Å²) in [4.78, 5) is 16.9. The summed E-state index contributed by atoms with van der Waals surface area (Å²) in [5.74, 6) is 0.169. The van der Waals surface area contributed by atoms with Gasteiger partial charge in [0.15, 0.2) is 0 Å². The van der Waals surface area contributed by atoms with Crippen LogP contribution in [0, 0.1) is 0 Å². The van der Waals surface area contributed by atoms with Crippen LogP contribution in [0.15, 0.2) is 24.3 Å². The Morgan fingerprint density at radius 1 is 1.33 bits per heavy atom. The Labute approximate surface area is 144 Å². The van der Waals surface area contributed by atoms with Gasteiger partial charge in [0.1, 0.15) is 0 Å². The van der Waals surface area contributed by atoms with Crippen molar-refractivity contribution in [1.29, 1.82) is 0 Å². The second kappa shape index (κ2) is 6.72. The minimum Gasteiger partial charge on any atom is -0.337 e. The van der Waals surface area contributed by atoms with Crippen LogP contribution in [-0.4, -0.2) is 69.1 Å². The average molecular weight is 351 g/mol. The van der Waals surface area contributed by atoms with E-state index in [1.54, 1.807) is 24.3 Å². The lowest BCUT2D eigenvalue weighted by atomic mass is 10.1. The lowest BCUT2D eigenvalue weighted by Gasteiger charge is -2.23. The summed E-state index contributed by atoms with van der Waals surface area (Å²) >= 11 is 0. The number of hydrogen-bond acceptors (Lipinski definition) is 4. The van der Waals surface area contributed by atoms with E-state index in [0.29, 0.717) is 30.3 Å². The molecular formula is C17H25N3O3S. The molecular weight excluding hydrogens is 326 g/mol. The zero-order valence-corrected chi connectivity index (χ0v) is 15.1. The molecule has 1 aromatic rings. The molecule has 6 nitrogen and oxygen atoms in total. The molecule has 0 bridgehead atoms. The van der Waals surface area contributed by atoms with Crippen molar-refractivity contribution in [2.24, 2.45) is 0 Å². The average Bonchev–Trinajstić information content (AvgIpc) is 3.20. The standard InChI is InChI=1S/C17H25N3O3S/c1-3-18(2)16-8-10-19(13-16)17(21)14-6-4-7-15(12-14)20-9-5-11-24(20,22)23/h4,6-7,12,16H,3,5,8-11,13H2,1-2H3/t16-/m1/s1. The summed E-state index contributed by atoms with van der Waals surface area (Å²) in [5, 5.41) is 0. The highest BCUT2D eigenvalue weighted by molar-refractivity contribution is 7.93. The summed E-state index contributed by atoms with van der Waals surface area (Å²) in [5.41, 5.74) is 1.16. The minimum atomic E-state index is -3.22. The molecule has 7 heteroatoms. The monoisotopic (exact) mass is 351 g/mol. The quantitative estimate of drug-likeness (QED) is 0.823. The smallest absolute Gasteiger partial charge is 0.253 e. The molecule has 2 aliphatic rings. The fourth-order valence-electron chi connectivity index (χ4n) is 3.45. The van der Waals surface area contributed by atoms with Gasteiger partial charge in [-0.05, 0) is 44.6 Å². The van der Waals surface area contributed by atoms with Crippen molar-refractivity contribution in [3.63, 3.8) is 0 Å². The molecule has 0 radical (unpaired) electrons. The van der Waals surface area contributed by atoms with Crippen molar-refractivity contribution in [3.8, 4) is 0 Å². The first-order valence-corrected chi connectivity index (χ1v) is 10.1. The van der Waals surface area contributed by atoms with Crippen molar-refractivity contribution in [1.82, 2.24) is 9.80 Å². The van der Waals surface area contributed by atoms with Gasteiger partial charge in [0.05, 0.1) is 11.4 Å². The molecule has 2 fully saturated rings. The number of carbonyl (C=O) groups is 1. The van der Waals surface area contributed by atoms with Crippen LogP contribution in [-0.2, 0) is 10.0 Å². The number of amides is 1. The van der Waals surface area contributed by atoms with Crippen LogP contribution in [0.2, 0.25) is 0 Å². The molecule has 0 saturated carbocycles. The van der Waals surface area contributed by atoms with E-state index in [4.69, 9.17) is 0 Å². The third kappa shape index (κ3) is 3.28. The Balaban J connectivity index is 1.76. The van der Waals surface area contributed by atoms with E-state index in [9.17, 15) is 13.2 Å². The van der Waals surface area contributed by atoms with Crippen LogP contribution in [0.5, 0.6) is 0 Å². The third-order valence-electron chi connectivity index (χ3n) is 5.05. The van der Waals surface area contributed by atoms with Crippen LogP contribution in [0.3, 0.4) is 0 Å². The Kier molecular flexibility index (Phi) is 4.83. The maximum atomic E-state index is 12.8. The van der Waals surface area contributed by atoms with Crippen LogP contribution in [0.4, 0.5) is 5.69 Å². The lowest BCUT2D eigenvalue weighted by Crippen LogP contribution is -2.36. The Hall–Kier alpha value is -1.60. The van der Waals surface area contributed by atoms with Gasteiger partial charge in [-0.25, -0.2) is 8.42 Å². The van der Waals surface area contributed by atoms with Crippen LogP contribution < -0.4 is 4.31 Å². The zero-order valence-electron chi connectivity index (χ0n) is 14.3. The fourth-order valence-corrected chi connectivity index (χ4v) is 5.01. The number of rotatable bonds is 4. The van der Waals surface area contributed by atoms with Crippen LogP contribution >= 0.6 is 0 Å². The molecule has 0 unspecified atom stereocenters. The number of nitrogens with zero attached hydrogens (tertiary/aromatic N) is 3. The molecule has 2 saturated heterocycles. The first-order valence-electron chi connectivity index (χ1n) is 8.52. The van der Waals surface area contributed by atoms with Gasteiger partial charge >= 0.3 is 0 Å². The minimum absolute atomic E-state index is 0.0135. The highest BCUT2D eigenvalue weighted by Gasteiger charge is 2.31. The predicted molar refractivity (Wildman–Crippen MR) is 94.8 cm³/mol. The van der Waals surface area contributed by atoms with Gasteiger partial charge in [0.25, 0.3) is 5.91 Å². The number of sulfonamides is 1. The van der Waals surface area contributed by atoms with Crippen LogP contribution in [0.25, 0.3) is 0 Å². The van der Waals surface area contributed by atoms with E-state index in [2.05, 4.69) is 18.9 Å². The molecule has 0 N–H and O–H groups in total. The second-order valence-electron chi connectivity index (χ2n) is 6.56. The maximum absolute atomic E-state index is 12.8. The molecule has 24 heavy (non-hydrogen) atoms. The summed E-state index contributed by atoms with van der Waals surface area (Å²) < 4.78 is 25.6. The van der Waals surface area contributed by atoms with E-state index < -0.39 is 10.0 Å². The Morgan fingerprint density at radius 3 is 2.79 bits per heavy atom. The van der Waals surface area contributed by atoms with E-state index in [0.717, 1.165) is 26.1 Å². The van der Waals surface area contributed by atoms with Gasteiger partial charge in [-0.2, -0.15) is 0 Å². The largest absolute Gasteiger partial charge is 0.337 e. The van der Waals surface area contributed by atoms with Crippen molar-refractivity contribution in [3.05, 3.63) is 29.8 Å². The molecule has 0 aliphatic carbocycles. The first kappa shape index (κ1) is 17.2. The van der Waals surface area contributed by atoms with Gasteiger partial charge in [-0.15, -0.1) is 0 Å². The highest BCUT2D eigenvalue weighted by Crippen LogP contribution is 2.26. The summed E-state index contributed by atoms with van der Waals surface area (Å²) in [7, 11) is -1.14. The van der Waals surface area contributed by atoms with E-state index in [-0.39, 0.29) is 11.7 Å². The first-order chi connectivity index (χ1) is 11.4. The summed E-state index contributed by atoms with van der Waals surface area (Å²) in [6.45, 7) is 5.06. The molecule has 0 spiro atoms. The normalized spacial score (nSPS) is 23.2. The number of benzene rings is 1.